The summed E-state index contributed by atoms with van der Waals surface area (Å²) in [6.45, 7) is 2.56. The van der Waals surface area contributed by atoms with Gasteiger partial charge in [-0.25, -0.2) is 0 Å². The van der Waals surface area contributed by atoms with Crippen molar-refractivity contribution in [2.45, 2.75) is 25.8 Å². The van der Waals surface area contributed by atoms with Crippen LogP contribution in [0, 0.1) is 0 Å². The zero-order valence-electron chi connectivity index (χ0n) is 12.6. The summed E-state index contributed by atoms with van der Waals surface area (Å²) in [6, 6.07) is 4.08. The number of carbonyl (C=O) groups excluding carboxylic acids is 2. The summed E-state index contributed by atoms with van der Waals surface area (Å²) >= 11 is 13.5. The van der Waals surface area contributed by atoms with E-state index in [1.54, 1.807) is 23.9 Å². The molecule has 0 bridgehead atoms. The van der Waals surface area contributed by atoms with E-state index in [1.807, 2.05) is 13.2 Å². The van der Waals surface area contributed by atoms with E-state index < -0.39 is 6.04 Å². The zero-order chi connectivity index (χ0) is 16.5. The second-order valence-corrected chi connectivity index (χ2v) is 6.55. The standard InChI is InChI=1S/C15H20Cl2N2O2S/c1-3-7-18-15(21)13(6-8-22-2)19-14(20)11-5-4-10(16)9-12(11)17/h4-5,9,13H,3,6-8H2,1-2H3,(H,18,21)(H,19,20). The Kier molecular flexibility index (Phi) is 8.68. The first kappa shape index (κ1) is 19.1. The van der Waals surface area contributed by atoms with E-state index in [1.165, 1.54) is 6.07 Å². The molecule has 122 valence electrons. The minimum atomic E-state index is -0.571. The predicted molar refractivity (Wildman–Crippen MR) is 94.0 cm³/mol. The molecular weight excluding hydrogens is 343 g/mol. The van der Waals surface area contributed by atoms with Crippen LogP contribution in [0.3, 0.4) is 0 Å². The van der Waals surface area contributed by atoms with Crippen molar-refractivity contribution in [1.29, 1.82) is 0 Å². The van der Waals surface area contributed by atoms with Gasteiger partial charge in [0.05, 0.1) is 10.6 Å². The topological polar surface area (TPSA) is 58.2 Å². The quantitative estimate of drug-likeness (QED) is 0.745. The maximum absolute atomic E-state index is 12.3. The molecule has 1 rings (SSSR count). The van der Waals surface area contributed by atoms with Crippen LogP contribution in [0.2, 0.25) is 10.0 Å². The van der Waals surface area contributed by atoms with Gasteiger partial charge in [-0.15, -0.1) is 0 Å². The monoisotopic (exact) mass is 362 g/mol. The lowest BCUT2D eigenvalue weighted by Gasteiger charge is -2.18. The van der Waals surface area contributed by atoms with E-state index in [4.69, 9.17) is 23.2 Å². The van der Waals surface area contributed by atoms with E-state index in [-0.39, 0.29) is 16.8 Å². The highest BCUT2D eigenvalue weighted by Gasteiger charge is 2.21. The first-order valence-corrected chi connectivity index (χ1v) is 9.17. The van der Waals surface area contributed by atoms with Crippen molar-refractivity contribution in [2.75, 3.05) is 18.6 Å². The Morgan fingerprint density at radius 3 is 2.64 bits per heavy atom. The molecule has 2 amide bonds. The van der Waals surface area contributed by atoms with E-state index >= 15 is 0 Å². The fourth-order valence-corrected chi connectivity index (χ4v) is 2.75. The molecule has 1 unspecified atom stereocenters. The lowest BCUT2D eigenvalue weighted by atomic mass is 10.1. The number of hydrogen-bond acceptors (Lipinski definition) is 3. The third-order valence-electron chi connectivity index (χ3n) is 2.96. The first-order valence-electron chi connectivity index (χ1n) is 7.02. The Balaban J connectivity index is 2.78. The number of amides is 2. The summed E-state index contributed by atoms with van der Waals surface area (Å²) in [4.78, 5) is 24.4. The molecule has 0 radical (unpaired) electrons. The van der Waals surface area contributed by atoms with Crippen molar-refractivity contribution in [1.82, 2.24) is 10.6 Å². The predicted octanol–water partition coefficient (Wildman–Crippen LogP) is 3.37. The van der Waals surface area contributed by atoms with Crippen molar-refractivity contribution in [2.24, 2.45) is 0 Å². The molecule has 1 aromatic carbocycles. The molecule has 0 heterocycles. The number of thioether (sulfide) groups is 1. The second kappa shape index (κ2) is 9.98. The number of rotatable bonds is 8. The number of carbonyl (C=O) groups is 2. The number of nitrogens with one attached hydrogen (secondary N) is 2. The third-order valence-corrected chi connectivity index (χ3v) is 4.15. The van der Waals surface area contributed by atoms with Gasteiger partial charge in [-0.3, -0.25) is 9.59 Å². The largest absolute Gasteiger partial charge is 0.354 e. The van der Waals surface area contributed by atoms with Gasteiger partial charge in [0.15, 0.2) is 0 Å². The van der Waals surface area contributed by atoms with Crippen LogP contribution < -0.4 is 10.6 Å². The maximum atomic E-state index is 12.3. The minimum Gasteiger partial charge on any atom is -0.354 e. The Morgan fingerprint density at radius 2 is 2.05 bits per heavy atom. The Hall–Kier alpha value is -0.910. The molecule has 0 saturated heterocycles. The van der Waals surface area contributed by atoms with Gasteiger partial charge in [-0.05, 0) is 43.0 Å². The second-order valence-electron chi connectivity index (χ2n) is 4.72. The molecule has 0 spiro atoms. The molecule has 1 aromatic rings. The SMILES string of the molecule is CCCNC(=O)C(CCSC)NC(=O)c1ccc(Cl)cc1Cl. The number of hydrogen-bond donors (Lipinski definition) is 2. The van der Waals surface area contributed by atoms with Crippen LogP contribution in [0.25, 0.3) is 0 Å². The van der Waals surface area contributed by atoms with Crippen LogP contribution in [0.15, 0.2) is 18.2 Å². The van der Waals surface area contributed by atoms with Crippen LogP contribution in [0.1, 0.15) is 30.1 Å². The summed E-state index contributed by atoms with van der Waals surface area (Å²) in [5, 5.41) is 6.28. The molecular formula is C15H20Cl2N2O2S. The van der Waals surface area contributed by atoms with Crippen molar-refractivity contribution >= 4 is 46.8 Å². The van der Waals surface area contributed by atoms with Gasteiger partial charge in [0, 0.05) is 11.6 Å². The van der Waals surface area contributed by atoms with Gasteiger partial charge < -0.3 is 10.6 Å². The molecule has 0 aliphatic rings. The van der Waals surface area contributed by atoms with E-state index in [0.717, 1.165) is 12.2 Å². The molecule has 1 atom stereocenters. The van der Waals surface area contributed by atoms with Gasteiger partial charge in [0.1, 0.15) is 6.04 Å². The summed E-state index contributed by atoms with van der Waals surface area (Å²) in [5.41, 5.74) is 0.309. The molecule has 2 N–H and O–H groups in total. The Labute approximate surface area is 145 Å². The van der Waals surface area contributed by atoms with Crippen molar-refractivity contribution in [3.8, 4) is 0 Å². The fraction of sp³-hybridized carbons (Fsp3) is 0.467. The van der Waals surface area contributed by atoms with E-state index in [9.17, 15) is 9.59 Å². The molecule has 22 heavy (non-hydrogen) atoms. The van der Waals surface area contributed by atoms with E-state index in [2.05, 4.69) is 10.6 Å². The van der Waals surface area contributed by atoms with E-state index in [0.29, 0.717) is 23.6 Å². The number of benzene rings is 1. The minimum absolute atomic E-state index is 0.172. The maximum Gasteiger partial charge on any atom is 0.253 e. The molecule has 0 saturated carbocycles. The number of halogens is 2. The first-order chi connectivity index (χ1) is 10.5. The van der Waals surface area contributed by atoms with Gasteiger partial charge in [-0.2, -0.15) is 11.8 Å². The fourth-order valence-electron chi connectivity index (χ4n) is 1.79. The lowest BCUT2D eigenvalue weighted by Crippen LogP contribution is -2.47. The van der Waals surface area contributed by atoms with Gasteiger partial charge >= 0.3 is 0 Å². The van der Waals surface area contributed by atoms with Crippen LogP contribution in [-0.4, -0.2) is 36.4 Å². The van der Waals surface area contributed by atoms with Gasteiger partial charge in [0.25, 0.3) is 5.91 Å². The van der Waals surface area contributed by atoms with Crippen LogP contribution in [0.4, 0.5) is 0 Å². The summed E-state index contributed by atoms with van der Waals surface area (Å²) in [5.74, 6) is 0.229. The molecule has 4 nitrogen and oxygen atoms in total. The van der Waals surface area contributed by atoms with Gasteiger partial charge in [0.2, 0.25) is 5.91 Å². The average molecular weight is 363 g/mol. The highest BCUT2D eigenvalue weighted by atomic mass is 35.5. The molecule has 7 heteroatoms. The zero-order valence-corrected chi connectivity index (χ0v) is 14.9. The third kappa shape index (κ3) is 6.07. The van der Waals surface area contributed by atoms with Crippen molar-refractivity contribution in [3.63, 3.8) is 0 Å². The van der Waals surface area contributed by atoms with Crippen LogP contribution in [0.5, 0.6) is 0 Å². The Morgan fingerprint density at radius 1 is 1.32 bits per heavy atom. The summed E-state index contributed by atoms with van der Waals surface area (Å²) in [6.07, 6.45) is 3.37. The Bertz CT molecular complexity index is 526. The molecule has 0 fully saturated rings. The lowest BCUT2D eigenvalue weighted by molar-refractivity contribution is -0.123. The highest BCUT2D eigenvalue weighted by molar-refractivity contribution is 7.98. The normalized spacial score (nSPS) is 11.8. The molecule has 0 aliphatic carbocycles. The average Bonchev–Trinajstić information content (AvgIpc) is 2.48. The summed E-state index contributed by atoms with van der Waals surface area (Å²) in [7, 11) is 0. The molecule has 0 aliphatic heterocycles. The van der Waals surface area contributed by atoms with Crippen molar-refractivity contribution in [3.05, 3.63) is 33.8 Å². The van der Waals surface area contributed by atoms with Crippen LogP contribution >= 0.6 is 35.0 Å². The van der Waals surface area contributed by atoms with Crippen molar-refractivity contribution < 1.29 is 9.59 Å². The smallest absolute Gasteiger partial charge is 0.253 e. The summed E-state index contributed by atoms with van der Waals surface area (Å²) < 4.78 is 0. The van der Waals surface area contributed by atoms with Crippen LogP contribution in [-0.2, 0) is 4.79 Å². The highest BCUT2D eigenvalue weighted by Crippen LogP contribution is 2.21. The molecule has 0 aromatic heterocycles. The van der Waals surface area contributed by atoms with Gasteiger partial charge in [-0.1, -0.05) is 30.1 Å².